The summed E-state index contributed by atoms with van der Waals surface area (Å²) in [6, 6.07) is 9.69. The Kier molecular flexibility index (Phi) is 3.97. The van der Waals surface area contributed by atoms with E-state index in [4.69, 9.17) is 4.74 Å². The lowest BCUT2D eigenvalue weighted by Crippen LogP contribution is -2.33. The number of esters is 1. The molecule has 96 valence electrons. The van der Waals surface area contributed by atoms with Crippen molar-refractivity contribution in [3.8, 4) is 0 Å². The predicted octanol–water partition coefficient (Wildman–Crippen LogP) is 1.57. The van der Waals surface area contributed by atoms with Crippen LogP contribution in [0.4, 0.5) is 0 Å². The van der Waals surface area contributed by atoms with E-state index in [1.54, 1.807) is 11.8 Å². The van der Waals surface area contributed by atoms with Crippen LogP contribution >= 0.6 is 0 Å². The van der Waals surface area contributed by atoms with Crippen LogP contribution in [0.2, 0.25) is 0 Å². The molecule has 0 radical (unpaired) electrons. The monoisotopic (exact) mass is 247 g/mol. The first-order chi connectivity index (χ1) is 8.72. The van der Waals surface area contributed by atoms with E-state index < -0.39 is 0 Å². The molecule has 1 atom stereocenters. The lowest BCUT2D eigenvalue weighted by Gasteiger charge is -2.15. The Bertz CT molecular complexity index is 430. The molecule has 1 aliphatic heterocycles. The van der Waals surface area contributed by atoms with E-state index in [9.17, 15) is 9.59 Å². The molecule has 0 N–H and O–H groups in total. The number of rotatable bonds is 4. The molecule has 1 aliphatic rings. The summed E-state index contributed by atoms with van der Waals surface area (Å²) >= 11 is 0. The first-order valence-electron chi connectivity index (χ1n) is 6.21. The van der Waals surface area contributed by atoms with E-state index in [1.807, 2.05) is 30.3 Å². The zero-order valence-electron chi connectivity index (χ0n) is 10.5. The smallest absolute Gasteiger partial charge is 0.325 e. The number of nitrogens with zero attached hydrogens (tertiary/aromatic N) is 1. The molecular formula is C14H17NO3. The lowest BCUT2D eigenvalue weighted by atomic mass is 9.98. The first kappa shape index (κ1) is 12.6. The van der Waals surface area contributed by atoms with Crippen LogP contribution in [-0.4, -0.2) is 36.5 Å². The summed E-state index contributed by atoms with van der Waals surface area (Å²) in [5.41, 5.74) is 1.02. The zero-order valence-corrected chi connectivity index (χ0v) is 10.5. The number of amides is 1. The van der Waals surface area contributed by atoms with Crippen LogP contribution in [0.5, 0.6) is 0 Å². The highest BCUT2D eigenvalue weighted by Gasteiger charge is 2.33. The van der Waals surface area contributed by atoms with Gasteiger partial charge in [0.1, 0.15) is 6.54 Å². The molecule has 1 aromatic rings. The van der Waals surface area contributed by atoms with Gasteiger partial charge in [0.15, 0.2) is 0 Å². The third-order valence-electron chi connectivity index (χ3n) is 3.12. The second-order valence-electron chi connectivity index (χ2n) is 4.32. The van der Waals surface area contributed by atoms with E-state index in [0.29, 0.717) is 13.2 Å². The van der Waals surface area contributed by atoms with Crippen LogP contribution in [0.25, 0.3) is 0 Å². The maximum Gasteiger partial charge on any atom is 0.325 e. The van der Waals surface area contributed by atoms with E-state index in [-0.39, 0.29) is 24.3 Å². The Balaban J connectivity index is 1.99. The minimum Gasteiger partial charge on any atom is -0.465 e. The van der Waals surface area contributed by atoms with Crippen molar-refractivity contribution in [3.63, 3.8) is 0 Å². The standard InChI is InChI=1S/C14H17NO3/c1-2-18-13(16)10-15-9-8-12(14(15)17)11-6-4-3-5-7-11/h3-7,12H,2,8-10H2,1H3/t12-/m0/s1. The van der Waals surface area contributed by atoms with Gasteiger partial charge in [-0.1, -0.05) is 30.3 Å². The lowest BCUT2D eigenvalue weighted by molar-refractivity contribution is -0.147. The Hall–Kier alpha value is -1.84. The number of carbonyl (C=O) groups is 2. The molecule has 0 aromatic heterocycles. The molecule has 1 saturated heterocycles. The van der Waals surface area contributed by atoms with E-state index in [0.717, 1.165) is 12.0 Å². The highest BCUT2D eigenvalue weighted by atomic mass is 16.5. The van der Waals surface area contributed by atoms with Crippen LogP contribution in [0, 0.1) is 0 Å². The molecule has 0 aliphatic carbocycles. The number of benzene rings is 1. The molecule has 1 heterocycles. The second-order valence-corrected chi connectivity index (χ2v) is 4.32. The minimum atomic E-state index is -0.334. The summed E-state index contributed by atoms with van der Waals surface area (Å²) in [7, 11) is 0. The second kappa shape index (κ2) is 5.67. The van der Waals surface area contributed by atoms with Gasteiger partial charge in [0.05, 0.1) is 12.5 Å². The van der Waals surface area contributed by atoms with E-state index >= 15 is 0 Å². The predicted molar refractivity (Wildman–Crippen MR) is 67.0 cm³/mol. The highest BCUT2D eigenvalue weighted by molar-refractivity contribution is 5.88. The maximum absolute atomic E-state index is 12.2. The number of carbonyl (C=O) groups excluding carboxylic acids is 2. The average Bonchev–Trinajstić information content (AvgIpc) is 2.72. The van der Waals surface area contributed by atoms with Crippen molar-refractivity contribution in [2.24, 2.45) is 0 Å². The molecule has 1 fully saturated rings. The molecule has 1 aromatic carbocycles. The van der Waals surface area contributed by atoms with Gasteiger partial charge >= 0.3 is 5.97 Å². The highest BCUT2D eigenvalue weighted by Crippen LogP contribution is 2.28. The Labute approximate surface area is 107 Å². The molecule has 0 spiro atoms. The van der Waals surface area contributed by atoms with Crippen LogP contribution in [0.1, 0.15) is 24.8 Å². The molecule has 2 rings (SSSR count). The van der Waals surface area contributed by atoms with Gasteiger partial charge in [0, 0.05) is 6.54 Å². The van der Waals surface area contributed by atoms with Crippen molar-refractivity contribution >= 4 is 11.9 Å². The largest absolute Gasteiger partial charge is 0.465 e. The molecule has 0 unspecified atom stereocenters. The van der Waals surface area contributed by atoms with Crippen molar-refractivity contribution in [3.05, 3.63) is 35.9 Å². The van der Waals surface area contributed by atoms with E-state index in [2.05, 4.69) is 0 Å². The Morgan fingerprint density at radius 3 is 2.78 bits per heavy atom. The fourth-order valence-electron chi connectivity index (χ4n) is 2.25. The molecule has 4 heteroatoms. The van der Waals surface area contributed by atoms with Gasteiger partial charge in [-0.15, -0.1) is 0 Å². The Morgan fingerprint density at radius 2 is 2.11 bits per heavy atom. The van der Waals surface area contributed by atoms with Gasteiger partial charge in [-0.25, -0.2) is 0 Å². The minimum absolute atomic E-state index is 0.0225. The molecule has 18 heavy (non-hydrogen) atoms. The van der Waals surface area contributed by atoms with Crippen molar-refractivity contribution in [1.82, 2.24) is 4.90 Å². The topological polar surface area (TPSA) is 46.6 Å². The normalized spacial score (nSPS) is 19.1. The molecular weight excluding hydrogens is 230 g/mol. The number of ether oxygens (including phenoxy) is 1. The van der Waals surface area contributed by atoms with Gasteiger partial charge in [-0.2, -0.15) is 0 Å². The van der Waals surface area contributed by atoms with Gasteiger partial charge in [0.2, 0.25) is 5.91 Å². The van der Waals surface area contributed by atoms with Crippen molar-refractivity contribution < 1.29 is 14.3 Å². The maximum atomic E-state index is 12.2. The summed E-state index contributed by atoms with van der Waals surface area (Å²) in [4.78, 5) is 25.1. The van der Waals surface area contributed by atoms with Gasteiger partial charge in [-0.05, 0) is 18.9 Å². The zero-order chi connectivity index (χ0) is 13.0. The van der Waals surface area contributed by atoms with Crippen molar-refractivity contribution in [2.75, 3.05) is 19.7 Å². The number of likely N-dealkylation sites (tertiary alicyclic amines) is 1. The molecule has 0 bridgehead atoms. The summed E-state index contributed by atoms with van der Waals surface area (Å²) in [6.45, 7) is 2.80. The number of hydrogen-bond acceptors (Lipinski definition) is 3. The van der Waals surface area contributed by atoms with E-state index in [1.165, 1.54) is 0 Å². The first-order valence-corrected chi connectivity index (χ1v) is 6.21. The molecule has 1 amide bonds. The Morgan fingerprint density at radius 1 is 1.39 bits per heavy atom. The quantitative estimate of drug-likeness (QED) is 0.759. The SMILES string of the molecule is CCOC(=O)CN1CC[C@@H](c2ccccc2)C1=O. The molecule has 0 saturated carbocycles. The van der Waals surface area contributed by atoms with Gasteiger partial charge in [0.25, 0.3) is 0 Å². The summed E-state index contributed by atoms with van der Waals surface area (Å²) in [6.07, 6.45) is 0.766. The average molecular weight is 247 g/mol. The van der Waals surface area contributed by atoms with Gasteiger partial charge in [-0.3, -0.25) is 9.59 Å². The van der Waals surface area contributed by atoms with Crippen molar-refractivity contribution in [2.45, 2.75) is 19.3 Å². The van der Waals surface area contributed by atoms with Crippen LogP contribution in [-0.2, 0) is 14.3 Å². The summed E-state index contributed by atoms with van der Waals surface area (Å²) in [5, 5.41) is 0. The third kappa shape index (κ3) is 2.70. The molecule has 4 nitrogen and oxygen atoms in total. The van der Waals surface area contributed by atoms with Crippen LogP contribution < -0.4 is 0 Å². The fourth-order valence-corrected chi connectivity index (χ4v) is 2.25. The summed E-state index contributed by atoms with van der Waals surface area (Å²) < 4.78 is 4.86. The number of hydrogen-bond donors (Lipinski definition) is 0. The van der Waals surface area contributed by atoms with Crippen LogP contribution in [0.3, 0.4) is 0 Å². The van der Waals surface area contributed by atoms with Crippen molar-refractivity contribution in [1.29, 1.82) is 0 Å². The summed E-state index contributed by atoms with van der Waals surface area (Å²) in [5.74, 6) is -0.422. The van der Waals surface area contributed by atoms with Gasteiger partial charge < -0.3 is 9.64 Å². The van der Waals surface area contributed by atoms with Crippen LogP contribution in [0.15, 0.2) is 30.3 Å². The third-order valence-corrected chi connectivity index (χ3v) is 3.12. The fraction of sp³-hybridized carbons (Fsp3) is 0.429.